The molecule has 0 bridgehead atoms. The Bertz CT molecular complexity index is 1390. The Hall–Kier alpha value is -4.18. The Kier molecular flexibility index (Phi) is 6.60. The Morgan fingerprint density at radius 2 is 1.65 bits per heavy atom. The van der Waals surface area contributed by atoms with Crippen molar-refractivity contribution >= 4 is 21.7 Å². The molecule has 34 heavy (non-hydrogen) atoms. The second kappa shape index (κ2) is 9.75. The van der Waals surface area contributed by atoms with Crippen LogP contribution >= 0.6 is 0 Å². The number of nitrogens with zero attached hydrogens (tertiary/aromatic N) is 3. The van der Waals surface area contributed by atoms with Gasteiger partial charge in [0.05, 0.1) is 23.3 Å². The number of anilines is 1. The molecule has 0 aliphatic heterocycles. The second-order valence-electron chi connectivity index (χ2n) is 7.12. The second-order valence-corrected chi connectivity index (χ2v) is 9.09. The molecule has 1 heterocycles. The van der Waals surface area contributed by atoms with E-state index in [1.807, 2.05) is 30.3 Å². The third kappa shape index (κ3) is 4.76. The van der Waals surface area contributed by atoms with Gasteiger partial charge in [-0.1, -0.05) is 47.6 Å². The number of aromatic nitrogens is 2. The molecule has 0 radical (unpaired) electrons. The molecule has 0 saturated heterocycles. The maximum absolute atomic E-state index is 13.0. The van der Waals surface area contributed by atoms with Crippen LogP contribution in [0.3, 0.4) is 0 Å². The lowest BCUT2D eigenvalue weighted by Gasteiger charge is -2.21. The molecule has 0 atom stereocenters. The number of rotatable bonds is 8. The van der Waals surface area contributed by atoms with Crippen LogP contribution in [-0.4, -0.2) is 38.7 Å². The van der Waals surface area contributed by atoms with E-state index >= 15 is 0 Å². The van der Waals surface area contributed by atoms with Gasteiger partial charge in [-0.25, -0.2) is 13.2 Å². The number of ether oxygens (including phenoxy) is 2. The number of carbonyl (C=O) groups is 1. The van der Waals surface area contributed by atoms with Gasteiger partial charge in [-0.3, -0.25) is 4.31 Å². The Labute approximate surface area is 196 Å². The van der Waals surface area contributed by atoms with E-state index in [0.717, 1.165) is 9.87 Å². The van der Waals surface area contributed by atoms with Gasteiger partial charge >= 0.3 is 5.97 Å². The van der Waals surface area contributed by atoms with Crippen molar-refractivity contribution in [2.24, 2.45) is 0 Å². The maximum atomic E-state index is 13.0. The zero-order valence-corrected chi connectivity index (χ0v) is 19.2. The summed E-state index contributed by atoms with van der Waals surface area (Å²) in [5.74, 6) is 0.303. The minimum atomic E-state index is -3.88. The van der Waals surface area contributed by atoms with E-state index in [4.69, 9.17) is 14.0 Å². The van der Waals surface area contributed by atoms with Crippen LogP contribution in [0.15, 0.2) is 88.3 Å². The molecular formula is C24H21N3O6S. The van der Waals surface area contributed by atoms with E-state index in [-0.39, 0.29) is 23.0 Å². The summed E-state index contributed by atoms with van der Waals surface area (Å²) in [5, 5.41) is 3.87. The van der Waals surface area contributed by atoms with Gasteiger partial charge in [-0.2, -0.15) is 4.98 Å². The predicted molar refractivity (Wildman–Crippen MR) is 124 cm³/mol. The van der Waals surface area contributed by atoms with Crippen LogP contribution in [-0.2, 0) is 21.4 Å². The SMILES string of the molecule is COc1ccccc1N(C)S(=O)(=O)c1ccc(C(=O)OCc2nc(-c3ccccc3)no2)cc1. The predicted octanol–water partition coefficient (Wildman–Crippen LogP) is 3.93. The average Bonchev–Trinajstić information content (AvgIpc) is 3.36. The summed E-state index contributed by atoms with van der Waals surface area (Å²) in [6.45, 7) is -0.213. The fourth-order valence-electron chi connectivity index (χ4n) is 3.17. The lowest BCUT2D eigenvalue weighted by atomic mass is 10.2. The van der Waals surface area contributed by atoms with Crippen molar-refractivity contribution < 1.29 is 27.2 Å². The highest BCUT2D eigenvalue weighted by Crippen LogP contribution is 2.31. The number of hydrogen-bond acceptors (Lipinski definition) is 8. The molecule has 174 valence electrons. The van der Waals surface area contributed by atoms with Crippen LogP contribution in [0.2, 0.25) is 0 Å². The minimum Gasteiger partial charge on any atom is -0.495 e. The summed E-state index contributed by atoms with van der Waals surface area (Å²) >= 11 is 0. The van der Waals surface area contributed by atoms with Crippen molar-refractivity contribution in [2.75, 3.05) is 18.5 Å². The highest BCUT2D eigenvalue weighted by atomic mass is 32.2. The standard InChI is InChI=1S/C24H21N3O6S/c1-27(20-10-6-7-11-21(20)31-2)34(29,30)19-14-12-18(13-15-19)24(28)32-16-22-25-23(26-33-22)17-8-4-3-5-9-17/h3-15H,16H2,1-2H3. The summed E-state index contributed by atoms with van der Waals surface area (Å²) in [4.78, 5) is 16.6. The van der Waals surface area contributed by atoms with Crippen molar-refractivity contribution in [3.05, 3.63) is 90.3 Å². The van der Waals surface area contributed by atoms with Gasteiger partial charge in [0.15, 0.2) is 6.61 Å². The van der Waals surface area contributed by atoms with Crippen molar-refractivity contribution in [1.82, 2.24) is 10.1 Å². The Morgan fingerprint density at radius 1 is 0.971 bits per heavy atom. The van der Waals surface area contributed by atoms with Gasteiger partial charge in [0.25, 0.3) is 15.9 Å². The lowest BCUT2D eigenvalue weighted by molar-refractivity contribution is 0.0429. The van der Waals surface area contributed by atoms with E-state index in [2.05, 4.69) is 10.1 Å². The first kappa shape index (κ1) is 23.0. The molecule has 9 nitrogen and oxygen atoms in total. The van der Waals surface area contributed by atoms with E-state index in [1.165, 1.54) is 38.4 Å². The highest BCUT2D eigenvalue weighted by Gasteiger charge is 2.24. The van der Waals surface area contributed by atoms with Crippen LogP contribution < -0.4 is 9.04 Å². The van der Waals surface area contributed by atoms with Crippen molar-refractivity contribution in [2.45, 2.75) is 11.5 Å². The number of carbonyl (C=O) groups excluding carboxylic acids is 1. The van der Waals surface area contributed by atoms with Gasteiger partial charge in [0, 0.05) is 12.6 Å². The fraction of sp³-hybridized carbons (Fsp3) is 0.125. The van der Waals surface area contributed by atoms with E-state index in [1.54, 1.807) is 24.3 Å². The van der Waals surface area contributed by atoms with Crippen LogP contribution in [0.1, 0.15) is 16.2 Å². The van der Waals surface area contributed by atoms with Crippen LogP contribution in [0, 0.1) is 0 Å². The normalized spacial score (nSPS) is 11.1. The third-order valence-corrected chi connectivity index (χ3v) is 6.79. The average molecular weight is 480 g/mol. The molecule has 0 amide bonds. The van der Waals surface area contributed by atoms with Gasteiger partial charge < -0.3 is 14.0 Å². The van der Waals surface area contributed by atoms with E-state index in [0.29, 0.717) is 17.3 Å². The first-order valence-electron chi connectivity index (χ1n) is 10.2. The molecular weight excluding hydrogens is 458 g/mol. The zero-order chi connectivity index (χ0) is 24.1. The minimum absolute atomic E-state index is 0.0156. The molecule has 4 aromatic rings. The molecule has 0 saturated carbocycles. The number of sulfonamides is 1. The molecule has 0 fully saturated rings. The molecule has 0 unspecified atom stereocenters. The number of hydrogen-bond donors (Lipinski definition) is 0. The van der Waals surface area contributed by atoms with Crippen molar-refractivity contribution in [3.8, 4) is 17.1 Å². The van der Waals surface area contributed by atoms with Gasteiger partial charge in [0.1, 0.15) is 5.75 Å². The molecule has 0 N–H and O–H groups in total. The quantitative estimate of drug-likeness (QED) is 0.350. The first-order valence-corrected chi connectivity index (χ1v) is 11.6. The van der Waals surface area contributed by atoms with Gasteiger partial charge in [0.2, 0.25) is 5.82 Å². The first-order chi connectivity index (χ1) is 16.4. The number of para-hydroxylation sites is 2. The summed E-state index contributed by atoms with van der Waals surface area (Å²) in [6.07, 6.45) is 0. The fourth-order valence-corrected chi connectivity index (χ4v) is 4.38. The molecule has 0 aliphatic rings. The van der Waals surface area contributed by atoms with Crippen molar-refractivity contribution in [3.63, 3.8) is 0 Å². The molecule has 1 aromatic heterocycles. The highest BCUT2D eigenvalue weighted by molar-refractivity contribution is 7.92. The largest absolute Gasteiger partial charge is 0.495 e. The van der Waals surface area contributed by atoms with Crippen LogP contribution in [0.25, 0.3) is 11.4 Å². The van der Waals surface area contributed by atoms with Crippen LogP contribution in [0.5, 0.6) is 5.75 Å². The number of methoxy groups -OCH3 is 1. The van der Waals surface area contributed by atoms with E-state index < -0.39 is 16.0 Å². The van der Waals surface area contributed by atoms with Gasteiger partial charge in [-0.15, -0.1) is 0 Å². The van der Waals surface area contributed by atoms with E-state index in [9.17, 15) is 13.2 Å². The topological polar surface area (TPSA) is 112 Å². The summed E-state index contributed by atoms with van der Waals surface area (Å²) in [5.41, 5.74) is 1.35. The van der Waals surface area contributed by atoms with Crippen molar-refractivity contribution in [1.29, 1.82) is 0 Å². The molecule has 10 heteroatoms. The number of esters is 1. The summed E-state index contributed by atoms with van der Waals surface area (Å²) < 4.78 is 42.8. The molecule has 4 rings (SSSR count). The molecule has 0 spiro atoms. The Morgan fingerprint density at radius 3 is 2.35 bits per heavy atom. The smallest absolute Gasteiger partial charge is 0.338 e. The maximum Gasteiger partial charge on any atom is 0.338 e. The lowest BCUT2D eigenvalue weighted by Crippen LogP contribution is -2.27. The molecule has 3 aromatic carbocycles. The molecule has 0 aliphatic carbocycles. The van der Waals surface area contributed by atoms with Gasteiger partial charge in [-0.05, 0) is 36.4 Å². The summed E-state index contributed by atoms with van der Waals surface area (Å²) in [6, 6.07) is 21.5. The monoisotopic (exact) mass is 479 g/mol. The third-order valence-electron chi connectivity index (χ3n) is 5.00. The number of benzene rings is 3. The Balaban J connectivity index is 1.43. The van der Waals surface area contributed by atoms with Crippen LogP contribution in [0.4, 0.5) is 5.69 Å². The summed E-state index contributed by atoms with van der Waals surface area (Å²) in [7, 11) is -0.975. The zero-order valence-electron chi connectivity index (χ0n) is 18.4.